The van der Waals surface area contributed by atoms with Gasteiger partial charge in [0.2, 0.25) is 0 Å². The summed E-state index contributed by atoms with van der Waals surface area (Å²) in [5.74, 6) is 0.548. The highest BCUT2D eigenvalue weighted by Gasteiger charge is 2.00. The Hall–Kier alpha value is -1.88. The summed E-state index contributed by atoms with van der Waals surface area (Å²) in [5.41, 5.74) is 2.35. The summed E-state index contributed by atoms with van der Waals surface area (Å²) < 4.78 is 2.06. The average Bonchev–Trinajstić information content (AvgIpc) is 2.97. The van der Waals surface area contributed by atoms with Crippen LogP contribution >= 0.6 is 12.2 Å². The molecule has 112 valence electrons. The minimum atomic E-state index is 0.548. The lowest BCUT2D eigenvalue weighted by atomic mass is 10.0. The van der Waals surface area contributed by atoms with E-state index in [1.165, 1.54) is 5.56 Å². The van der Waals surface area contributed by atoms with E-state index in [-0.39, 0.29) is 0 Å². The van der Waals surface area contributed by atoms with Gasteiger partial charge in [0.25, 0.3) is 0 Å². The first-order valence-corrected chi connectivity index (χ1v) is 7.66. The van der Waals surface area contributed by atoms with Crippen molar-refractivity contribution in [3.05, 3.63) is 48.5 Å². The Labute approximate surface area is 131 Å². The van der Waals surface area contributed by atoms with Gasteiger partial charge < -0.3 is 15.2 Å². The zero-order valence-corrected chi connectivity index (χ0v) is 13.4. The Balaban J connectivity index is 1.69. The predicted octanol–water partition coefficient (Wildman–Crippen LogP) is 3.38. The number of nitrogens with zero attached hydrogens (tertiary/aromatic N) is 2. The second-order valence-corrected chi connectivity index (χ2v) is 5.72. The molecule has 0 amide bonds. The van der Waals surface area contributed by atoms with Gasteiger partial charge in [-0.25, -0.2) is 4.98 Å². The van der Waals surface area contributed by atoms with Gasteiger partial charge in [0.05, 0.1) is 6.33 Å². The number of nitrogens with one attached hydrogen (secondary N) is 2. The van der Waals surface area contributed by atoms with Crippen LogP contribution in [0.2, 0.25) is 0 Å². The van der Waals surface area contributed by atoms with E-state index in [1.54, 1.807) is 6.20 Å². The largest absolute Gasteiger partial charge is 0.362 e. The van der Waals surface area contributed by atoms with Crippen LogP contribution in [0, 0.1) is 0 Å². The molecule has 2 rings (SSSR count). The smallest absolute Gasteiger partial charge is 0.170 e. The van der Waals surface area contributed by atoms with Crippen molar-refractivity contribution in [3.8, 4) is 0 Å². The van der Waals surface area contributed by atoms with Crippen LogP contribution in [0.15, 0.2) is 43.0 Å². The van der Waals surface area contributed by atoms with E-state index in [9.17, 15) is 0 Å². The van der Waals surface area contributed by atoms with Gasteiger partial charge in [0, 0.05) is 31.2 Å². The molecule has 1 heterocycles. The standard InChI is InChI=1S/C16H22N4S/c1-13(2)14-4-6-15(7-5-14)19-16(21)18-8-3-10-20-11-9-17-12-20/h4-7,9,11-13H,3,8,10H2,1-2H3,(H2,18,19,21). The number of hydrogen-bond acceptors (Lipinski definition) is 2. The Morgan fingerprint density at radius 3 is 2.67 bits per heavy atom. The first kappa shape index (κ1) is 15.5. The summed E-state index contributed by atoms with van der Waals surface area (Å²) in [7, 11) is 0. The maximum Gasteiger partial charge on any atom is 0.170 e. The van der Waals surface area contributed by atoms with Crippen molar-refractivity contribution in [1.29, 1.82) is 0 Å². The van der Waals surface area contributed by atoms with Crippen molar-refractivity contribution >= 4 is 23.0 Å². The quantitative estimate of drug-likeness (QED) is 0.634. The molecular weight excluding hydrogens is 280 g/mol. The van der Waals surface area contributed by atoms with Crippen molar-refractivity contribution < 1.29 is 0 Å². The Morgan fingerprint density at radius 1 is 1.29 bits per heavy atom. The summed E-state index contributed by atoms with van der Waals surface area (Å²) in [4.78, 5) is 4.02. The Morgan fingerprint density at radius 2 is 2.05 bits per heavy atom. The molecule has 1 aromatic carbocycles. The van der Waals surface area contributed by atoms with Crippen molar-refractivity contribution in [2.24, 2.45) is 0 Å². The van der Waals surface area contributed by atoms with Crippen molar-refractivity contribution in [2.45, 2.75) is 32.7 Å². The van der Waals surface area contributed by atoms with Crippen LogP contribution < -0.4 is 10.6 Å². The van der Waals surface area contributed by atoms with E-state index < -0.39 is 0 Å². The number of benzene rings is 1. The first-order chi connectivity index (χ1) is 10.1. The molecule has 0 aliphatic heterocycles. The highest BCUT2D eigenvalue weighted by molar-refractivity contribution is 7.80. The summed E-state index contributed by atoms with van der Waals surface area (Å²) in [5, 5.41) is 7.09. The molecule has 0 bridgehead atoms. The summed E-state index contributed by atoms with van der Waals surface area (Å²) >= 11 is 5.29. The lowest BCUT2D eigenvalue weighted by Gasteiger charge is -2.12. The lowest BCUT2D eigenvalue weighted by molar-refractivity contribution is 0.632. The number of rotatable bonds is 6. The fraction of sp³-hybridized carbons (Fsp3) is 0.375. The number of thiocarbonyl (C=S) groups is 1. The molecule has 2 N–H and O–H groups in total. The van der Waals surface area contributed by atoms with Crippen LogP contribution in [0.3, 0.4) is 0 Å². The number of aryl methyl sites for hydroxylation is 1. The molecule has 4 nitrogen and oxygen atoms in total. The fourth-order valence-electron chi connectivity index (χ4n) is 2.01. The molecule has 0 aliphatic rings. The van der Waals surface area contributed by atoms with Crippen molar-refractivity contribution in [2.75, 3.05) is 11.9 Å². The minimum absolute atomic E-state index is 0.548. The zero-order valence-electron chi connectivity index (χ0n) is 12.5. The molecule has 2 aromatic rings. The number of imidazole rings is 1. The number of anilines is 1. The van der Waals surface area contributed by atoms with E-state index in [2.05, 4.69) is 58.3 Å². The van der Waals surface area contributed by atoms with E-state index in [1.807, 2.05) is 12.5 Å². The topological polar surface area (TPSA) is 41.9 Å². The van der Waals surface area contributed by atoms with E-state index in [4.69, 9.17) is 12.2 Å². The van der Waals surface area contributed by atoms with E-state index >= 15 is 0 Å². The molecular formula is C16H22N4S. The molecule has 0 unspecified atom stereocenters. The van der Waals surface area contributed by atoms with Gasteiger partial charge >= 0.3 is 0 Å². The molecule has 1 aromatic heterocycles. The maximum atomic E-state index is 5.29. The first-order valence-electron chi connectivity index (χ1n) is 7.25. The molecule has 0 fully saturated rings. The normalized spacial score (nSPS) is 10.6. The monoisotopic (exact) mass is 302 g/mol. The molecule has 0 aliphatic carbocycles. The molecule has 5 heteroatoms. The molecule has 0 saturated heterocycles. The van der Waals surface area contributed by atoms with Gasteiger partial charge in [0.15, 0.2) is 5.11 Å². The summed E-state index contributed by atoms with van der Waals surface area (Å²) in [6.07, 6.45) is 6.59. The predicted molar refractivity (Wildman–Crippen MR) is 91.6 cm³/mol. The third kappa shape index (κ3) is 5.19. The third-order valence-corrected chi connectivity index (χ3v) is 3.52. The zero-order chi connectivity index (χ0) is 15.1. The Kier molecular flexibility index (Phi) is 5.75. The SMILES string of the molecule is CC(C)c1ccc(NC(=S)NCCCn2ccnc2)cc1. The highest BCUT2D eigenvalue weighted by atomic mass is 32.1. The second kappa shape index (κ2) is 7.78. The molecule has 21 heavy (non-hydrogen) atoms. The summed E-state index contributed by atoms with van der Waals surface area (Å²) in [6.45, 7) is 6.16. The van der Waals surface area contributed by atoms with Crippen LogP contribution in [0.5, 0.6) is 0 Å². The Bertz CT molecular complexity index is 546. The lowest BCUT2D eigenvalue weighted by Crippen LogP contribution is -2.29. The maximum absolute atomic E-state index is 5.29. The van der Waals surface area contributed by atoms with E-state index in [0.29, 0.717) is 11.0 Å². The molecule has 0 atom stereocenters. The number of hydrogen-bond donors (Lipinski definition) is 2. The molecule has 0 saturated carbocycles. The van der Waals surface area contributed by atoms with Gasteiger partial charge in [-0.15, -0.1) is 0 Å². The molecule has 0 spiro atoms. The van der Waals surface area contributed by atoms with Crippen LogP contribution in [-0.2, 0) is 6.54 Å². The van der Waals surface area contributed by atoms with Crippen LogP contribution in [-0.4, -0.2) is 21.2 Å². The second-order valence-electron chi connectivity index (χ2n) is 5.31. The minimum Gasteiger partial charge on any atom is -0.362 e. The highest BCUT2D eigenvalue weighted by Crippen LogP contribution is 2.16. The molecule has 0 radical (unpaired) electrons. The van der Waals surface area contributed by atoms with Gasteiger partial charge in [-0.1, -0.05) is 26.0 Å². The number of aromatic nitrogens is 2. The van der Waals surface area contributed by atoms with Crippen LogP contribution in [0.4, 0.5) is 5.69 Å². The van der Waals surface area contributed by atoms with Crippen LogP contribution in [0.25, 0.3) is 0 Å². The van der Waals surface area contributed by atoms with Crippen LogP contribution in [0.1, 0.15) is 31.7 Å². The fourth-order valence-corrected chi connectivity index (χ4v) is 2.23. The van der Waals surface area contributed by atoms with Crippen molar-refractivity contribution in [1.82, 2.24) is 14.9 Å². The summed E-state index contributed by atoms with van der Waals surface area (Å²) in [6, 6.07) is 8.40. The third-order valence-electron chi connectivity index (χ3n) is 3.27. The van der Waals surface area contributed by atoms with Gasteiger partial charge in [-0.05, 0) is 42.3 Å². The van der Waals surface area contributed by atoms with Gasteiger partial charge in [-0.2, -0.15) is 0 Å². The van der Waals surface area contributed by atoms with Gasteiger partial charge in [0.1, 0.15) is 0 Å². The van der Waals surface area contributed by atoms with Crippen molar-refractivity contribution in [3.63, 3.8) is 0 Å². The average molecular weight is 302 g/mol. The van der Waals surface area contributed by atoms with E-state index in [0.717, 1.165) is 25.2 Å². The van der Waals surface area contributed by atoms with Gasteiger partial charge in [-0.3, -0.25) is 0 Å².